The summed E-state index contributed by atoms with van der Waals surface area (Å²) in [4.78, 5) is 25.2. The highest BCUT2D eigenvalue weighted by Gasteiger charge is 2.12. The molecular weight excluding hydrogens is 372 g/mol. The lowest BCUT2D eigenvalue weighted by Gasteiger charge is -2.11. The maximum atomic E-state index is 11.9. The number of aromatic nitrogens is 3. The zero-order valence-electron chi connectivity index (χ0n) is 14.9. The molecular formula is C16H20N6O4S. The normalized spacial score (nSPS) is 11.5. The largest absolute Gasteiger partial charge is 0.456 e. The zero-order valence-corrected chi connectivity index (χ0v) is 15.7. The van der Waals surface area contributed by atoms with Crippen molar-refractivity contribution in [1.82, 2.24) is 19.7 Å². The number of nitrogen functional groups attached to an aromatic ring is 1. The van der Waals surface area contributed by atoms with Gasteiger partial charge in [0.25, 0.3) is 0 Å². The topological polar surface area (TPSA) is 140 Å². The van der Waals surface area contributed by atoms with E-state index >= 15 is 0 Å². The Balaban J connectivity index is 1.86. The summed E-state index contributed by atoms with van der Waals surface area (Å²) in [6.07, 6.45) is 1.42. The highest BCUT2D eigenvalue weighted by Crippen LogP contribution is 2.06. The number of benzene rings is 1. The first kappa shape index (κ1) is 20.3. The van der Waals surface area contributed by atoms with Crippen LogP contribution in [0, 0.1) is 0 Å². The Morgan fingerprint density at radius 3 is 2.59 bits per heavy atom. The lowest BCUT2D eigenvalue weighted by atomic mass is 10.2. The molecule has 0 saturated carbocycles. The molecule has 0 atom stereocenters. The Hall–Kier alpha value is -3.05. The molecule has 0 radical (unpaired) electrons. The molecule has 2 aromatic rings. The number of hydrogen-bond donors (Lipinski definition) is 2. The highest BCUT2D eigenvalue weighted by molar-refractivity contribution is 7.92. The van der Waals surface area contributed by atoms with E-state index in [1.54, 1.807) is 43.3 Å². The van der Waals surface area contributed by atoms with Crippen molar-refractivity contribution in [3.63, 3.8) is 0 Å². The number of carbonyl (C=O) groups is 1. The van der Waals surface area contributed by atoms with Gasteiger partial charge in [0.2, 0.25) is 21.9 Å². The van der Waals surface area contributed by atoms with Gasteiger partial charge < -0.3 is 15.4 Å². The van der Waals surface area contributed by atoms with Gasteiger partial charge in [-0.05, 0) is 11.6 Å². The van der Waals surface area contributed by atoms with Crippen LogP contribution in [0.2, 0.25) is 0 Å². The molecule has 1 aromatic carbocycles. The van der Waals surface area contributed by atoms with E-state index in [1.807, 2.05) is 6.07 Å². The van der Waals surface area contributed by atoms with E-state index in [9.17, 15) is 13.2 Å². The summed E-state index contributed by atoms with van der Waals surface area (Å²) in [6.45, 7) is -0.781. The summed E-state index contributed by atoms with van der Waals surface area (Å²) < 4.78 is 30.9. The Morgan fingerprint density at radius 1 is 1.22 bits per heavy atom. The van der Waals surface area contributed by atoms with Gasteiger partial charge in [-0.25, -0.2) is 13.1 Å². The molecule has 0 saturated heterocycles. The minimum Gasteiger partial charge on any atom is -0.456 e. The molecule has 27 heavy (non-hydrogen) atoms. The summed E-state index contributed by atoms with van der Waals surface area (Å²) in [5.41, 5.74) is 6.29. The number of carbonyl (C=O) groups excluding carboxylic acids is 1. The van der Waals surface area contributed by atoms with Gasteiger partial charge >= 0.3 is 5.97 Å². The lowest BCUT2D eigenvalue weighted by Crippen LogP contribution is -2.29. The molecule has 144 valence electrons. The fourth-order valence-electron chi connectivity index (χ4n) is 1.83. The summed E-state index contributed by atoms with van der Waals surface area (Å²) >= 11 is 0. The van der Waals surface area contributed by atoms with E-state index in [1.165, 1.54) is 6.08 Å². The summed E-state index contributed by atoms with van der Waals surface area (Å²) in [5.74, 6) is -0.310. The molecule has 10 nitrogen and oxygen atoms in total. The van der Waals surface area contributed by atoms with Crippen LogP contribution in [0.5, 0.6) is 0 Å². The summed E-state index contributed by atoms with van der Waals surface area (Å²) in [5, 5.41) is 0.978. The lowest BCUT2D eigenvalue weighted by molar-refractivity contribution is -0.143. The first-order valence-electron chi connectivity index (χ1n) is 7.81. The fraction of sp³-hybridized carbons (Fsp3) is 0.250. The Morgan fingerprint density at radius 2 is 1.93 bits per heavy atom. The molecule has 1 heterocycles. The smallest absolute Gasteiger partial charge is 0.321 e. The Kier molecular flexibility index (Phi) is 6.79. The Bertz CT molecular complexity index is 916. The summed E-state index contributed by atoms with van der Waals surface area (Å²) in [7, 11) is -0.333. The highest BCUT2D eigenvalue weighted by atomic mass is 32.2. The number of rotatable bonds is 8. The van der Waals surface area contributed by atoms with Crippen LogP contribution in [0.4, 0.5) is 11.9 Å². The molecule has 1 aromatic heterocycles. The third kappa shape index (κ3) is 6.99. The third-order valence-corrected chi connectivity index (χ3v) is 4.15. The molecule has 0 aliphatic rings. The van der Waals surface area contributed by atoms with Gasteiger partial charge in [-0.2, -0.15) is 15.0 Å². The van der Waals surface area contributed by atoms with Crippen molar-refractivity contribution >= 4 is 34.0 Å². The average Bonchev–Trinajstić information content (AvgIpc) is 2.63. The molecule has 3 N–H and O–H groups in total. The second kappa shape index (κ2) is 9.05. The average molecular weight is 392 g/mol. The van der Waals surface area contributed by atoms with Crippen LogP contribution in [-0.4, -0.2) is 50.0 Å². The molecule has 11 heteroatoms. The van der Waals surface area contributed by atoms with Crippen LogP contribution in [0.25, 0.3) is 6.08 Å². The predicted molar refractivity (Wildman–Crippen MR) is 101 cm³/mol. The minimum absolute atomic E-state index is 0.00787. The molecule has 0 fully saturated rings. The third-order valence-electron chi connectivity index (χ3n) is 3.11. The van der Waals surface area contributed by atoms with Crippen LogP contribution in [0.15, 0.2) is 35.7 Å². The van der Waals surface area contributed by atoms with E-state index in [2.05, 4.69) is 19.7 Å². The van der Waals surface area contributed by atoms with Crippen LogP contribution < -0.4 is 15.4 Å². The van der Waals surface area contributed by atoms with E-state index < -0.39 is 22.5 Å². The van der Waals surface area contributed by atoms with Gasteiger partial charge in [-0.1, -0.05) is 30.3 Å². The van der Waals surface area contributed by atoms with E-state index in [0.29, 0.717) is 5.95 Å². The zero-order chi connectivity index (χ0) is 19.9. The standard InChI is InChI=1S/C16H20N6O4S/c1-22(2)16-20-13(19-15(17)21-16)11-26-14(23)10-18-27(24,25)9-8-12-6-4-3-5-7-12/h3-9,18H,10-11H2,1-2H3,(H2,17,19,20,21)/b9-8+. The number of nitrogens with zero attached hydrogens (tertiary/aromatic N) is 4. The fourth-order valence-corrected chi connectivity index (χ4v) is 2.58. The summed E-state index contributed by atoms with van der Waals surface area (Å²) in [6, 6.07) is 8.90. The van der Waals surface area contributed by atoms with Crippen LogP contribution in [0.3, 0.4) is 0 Å². The van der Waals surface area contributed by atoms with Gasteiger partial charge in [0.1, 0.15) is 6.54 Å². The van der Waals surface area contributed by atoms with Crippen molar-refractivity contribution in [3.05, 3.63) is 47.1 Å². The first-order valence-corrected chi connectivity index (χ1v) is 9.36. The number of nitrogens with two attached hydrogens (primary N) is 1. The van der Waals surface area contributed by atoms with E-state index in [4.69, 9.17) is 10.5 Å². The SMILES string of the molecule is CN(C)c1nc(N)nc(COC(=O)CNS(=O)(=O)/C=C/c2ccccc2)n1. The van der Waals surface area contributed by atoms with Gasteiger partial charge in [0.05, 0.1) is 0 Å². The number of hydrogen-bond acceptors (Lipinski definition) is 9. The first-order chi connectivity index (χ1) is 12.7. The predicted octanol–water partition coefficient (Wildman–Crippen LogP) is 0.153. The Labute approximate surface area is 157 Å². The van der Waals surface area contributed by atoms with Crippen molar-refractivity contribution in [1.29, 1.82) is 0 Å². The molecule has 0 bridgehead atoms. The number of anilines is 2. The maximum Gasteiger partial charge on any atom is 0.321 e. The molecule has 0 amide bonds. The van der Waals surface area contributed by atoms with Crippen LogP contribution >= 0.6 is 0 Å². The van der Waals surface area contributed by atoms with Crippen molar-refractivity contribution in [3.8, 4) is 0 Å². The molecule has 2 rings (SSSR count). The maximum absolute atomic E-state index is 11.9. The van der Waals surface area contributed by atoms with Crippen LogP contribution in [-0.2, 0) is 26.2 Å². The van der Waals surface area contributed by atoms with Crippen molar-refractivity contribution in [2.45, 2.75) is 6.61 Å². The van der Waals surface area contributed by atoms with Crippen molar-refractivity contribution in [2.24, 2.45) is 0 Å². The molecule has 0 aliphatic heterocycles. The van der Waals surface area contributed by atoms with Crippen molar-refractivity contribution in [2.75, 3.05) is 31.3 Å². The van der Waals surface area contributed by atoms with E-state index in [-0.39, 0.29) is 18.4 Å². The van der Waals surface area contributed by atoms with Gasteiger partial charge in [-0.15, -0.1) is 0 Å². The van der Waals surface area contributed by atoms with Crippen molar-refractivity contribution < 1.29 is 17.9 Å². The second-order valence-corrected chi connectivity index (χ2v) is 7.20. The number of nitrogens with one attached hydrogen (secondary N) is 1. The number of sulfonamides is 1. The monoisotopic (exact) mass is 392 g/mol. The second-order valence-electron chi connectivity index (χ2n) is 5.54. The van der Waals surface area contributed by atoms with Gasteiger partial charge in [0.15, 0.2) is 12.4 Å². The van der Waals surface area contributed by atoms with E-state index in [0.717, 1.165) is 11.0 Å². The quantitative estimate of drug-likeness (QED) is 0.601. The minimum atomic E-state index is -3.78. The molecule has 0 unspecified atom stereocenters. The van der Waals surface area contributed by atoms with Crippen LogP contribution in [0.1, 0.15) is 11.4 Å². The van der Waals surface area contributed by atoms with Gasteiger partial charge in [-0.3, -0.25) is 4.79 Å². The number of esters is 1. The molecule has 0 aliphatic carbocycles. The number of ether oxygens (including phenoxy) is 1. The van der Waals surface area contributed by atoms with Gasteiger partial charge in [0, 0.05) is 19.5 Å². The molecule has 0 spiro atoms.